The van der Waals surface area contributed by atoms with Crippen LogP contribution in [0.15, 0.2) is 29.4 Å². The second kappa shape index (κ2) is 5.71. The molecule has 0 rings (SSSR count). The highest BCUT2D eigenvalue weighted by molar-refractivity contribution is 5.93. The van der Waals surface area contributed by atoms with Gasteiger partial charge in [0, 0.05) is 25.0 Å². The molecule has 0 spiro atoms. The van der Waals surface area contributed by atoms with E-state index >= 15 is 0 Å². The van der Waals surface area contributed by atoms with Crippen molar-refractivity contribution >= 4 is 5.71 Å². The monoisotopic (exact) mass is 152 g/mol. The topological polar surface area (TPSA) is 24.4 Å². The maximum Gasteiger partial charge on any atom is 0.0330 e. The van der Waals surface area contributed by atoms with Crippen molar-refractivity contribution in [3.63, 3.8) is 0 Å². The Kier molecular flexibility index (Phi) is 5.17. The summed E-state index contributed by atoms with van der Waals surface area (Å²) in [7, 11) is 1.78. The molecule has 62 valence electrons. The summed E-state index contributed by atoms with van der Waals surface area (Å²) in [6.07, 6.45) is 3.83. The Balaban J connectivity index is 3.89. The molecule has 0 aromatic rings. The first-order chi connectivity index (χ1) is 5.20. The zero-order valence-corrected chi connectivity index (χ0v) is 7.52. The molecule has 0 radical (unpaired) electrons. The Hall–Kier alpha value is -1.05. The molecule has 0 bridgehead atoms. The molecule has 0 unspecified atom stereocenters. The number of rotatable bonds is 4. The van der Waals surface area contributed by atoms with E-state index in [-0.39, 0.29) is 0 Å². The van der Waals surface area contributed by atoms with E-state index in [1.54, 1.807) is 7.05 Å². The molecular formula is C9H16N2. The molecule has 11 heavy (non-hydrogen) atoms. The van der Waals surface area contributed by atoms with Gasteiger partial charge in [0.25, 0.3) is 0 Å². The van der Waals surface area contributed by atoms with Crippen LogP contribution in [-0.4, -0.2) is 19.3 Å². The first-order valence-corrected chi connectivity index (χ1v) is 3.67. The van der Waals surface area contributed by atoms with Crippen molar-refractivity contribution in [2.24, 2.45) is 4.99 Å². The third-order valence-corrected chi connectivity index (χ3v) is 1.30. The quantitative estimate of drug-likeness (QED) is 0.481. The molecule has 0 fully saturated rings. The van der Waals surface area contributed by atoms with E-state index in [1.165, 1.54) is 0 Å². The maximum absolute atomic E-state index is 4.01. The summed E-state index contributed by atoms with van der Waals surface area (Å²) in [5.41, 5.74) is 2.15. The molecule has 0 saturated carbocycles. The van der Waals surface area contributed by atoms with Crippen LogP contribution in [0.3, 0.4) is 0 Å². The van der Waals surface area contributed by atoms with Crippen LogP contribution in [0, 0.1) is 0 Å². The van der Waals surface area contributed by atoms with E-state index in [4.69, 9.17) is 0 Å². The van der Waals surface area contributed by atoms with Crippen LogP contribution in [0.4, 0.5) is 0 Å². The fraction of sp³-hybridized carbons (Fsp3) is 0.444. The minimum absolute atomic E-state index is 0.805. The first kappa shape index (κ1) is 9.95. The van der Waals surface area contributed by atoms with Crippen LogP contribution in [0.1, 0.15) is 13.8 Å². The van der Waals surface area contributed by atoms with Gasteiger partial charge in [-0.3, -0.25) is 4.99 Å². The summed E-state index contributed by atoms with van der Waals surface area (Å²) in [5, 5.41) is 3.16. The third-order valence-electron chi connectivity index (χ3n) is 1.30. The summed E-state index contributed by atoms with van der Waals surface area (Å²) in [4.78, 5) is 4.01. The summed E-state index contributed by atoms with van der Waals surface area (Å²) in [6, 6.07) is 0. The Bertz CT molecular complexity index is 178. The van der Waals surface area contributed by atoms with Crippen molar-refractivity contribution in [3.05, 3.63) is 24.4 Å². The van der Waals surface area contributed by atoms with Gasteiger partial charge in [0.2, 0.25) is 0 Å². The molecule has 0 heterocycles. The van der Waals surface area contributed by atoms with Crippen LogP contribution in [-0.2, 0) is 0 Å². The molecule has 0 saturated heterocycles. The van der Waals surface area contributed by atoms with Crippen LogP contribution in [0.25, 0.3) is 0 Å². The number of aliphatic imine (C=N–C) groups is 1. The third kappa shape index (κ3) is 5.40. The molecular weight excluding hydrogens is 136 g/mol. The van der Waals surface area contributed by atoms with Crippen molar-refractivity contribution in [1.82, 2.24) is 5.32 Å². The van der Waals surface area contributed by atoms with Gasteiger partial charge in [0.05, 0.1) is 0 Å². The lowest BCUT2D eigenvalue weighted by molar-refractivity contribution is 0.907. The van der Waals surface area contributed by atoms with E-state index in [0.717, 1.165) is 18.0 Å². The van der Waals surface area contributed by atoms with Crippen molar-refractivity contribution in [2.75, 3.05) is 13.6 Å². The molecule has 0 aromatic carbocycles. The Morgan fingerprint density at radius 1 is 1.55 bits per heavy atom. The fourth-order valence-electron chi connectivity index (χ4n) is 0.662. The molecule has 2 heteroatoms. The lowest BCUT2D eigenvalue weighted by Gasteiger charge is -2.01. The highest BCUT2D eigenvalue weighted by Crippen LogP contribution is 1.87. The molecule has 0 aliphatic heterocycles. The van der Waals surface area contributed by atoms with E-state index < -0.39 is 0 Å². The van der Waals surface area contributed by atoms with Gasteiger partial charge in [-0.25, -0.2) is 0 Å². The second-order valence-corrected chi connectivity index (χ2v) is 2.36. The standard InChI is InChI=1S/C9H16N2/c1-5-6-11-9(3)7-8(2)10-4/h5,7,11H,1,6H2,2-4H3/b9-7-,10-8?. The number of nitrogens with zero attached hydrogens (tertiary/aromatic N) is 1. The first-order valence-electron chi connectivity index (χ1n) is 3.67. The van der Waals surface area contributed by atoms with Crippen LogP contribution in [0.5, 0.6) is 0 Å². The van der Waals surface area contributed by atoms with Gasteiger partial charge < -0.3 is 5.32 Å². The summed E-state index contributed by atoms with van der Waals surface area (Å²) < 4.78 is 0. The van der Waals surface area contributed by atoms with Crippen molar-refractivity contribution in [3.8, 4) is 0 Å². The molecule has 1 N–H and O–H groups in total. The van der Waals surface area contributed by atoms with E-state index in [1.807, 2.05) is 26.0 Å². The Labute approximate surface area is 68.7 Å². The number of hydrogen-bond acceptors (Lipinski definition) is 2. The number of nitrogens with one attached hydrogen (secondary N) is 1. The summed E-state index contributed by atoms with van der Waals surface area (Å²) >= 11 is 0. The van der Waals surface area contributed by atoms with Gasteiger partial charge in [-0.15, -0.1) is 6.58 Å². The minimum atomic E-state index is 0.805. The zero-order chi connectivity index (χ0) is 8.69. The fourth-order valence-corrected chi connectivity index (χ4v) is 0.662. The lowest BCUT2D eigenvalue weighted by Crippen LogP contribution is -2.11. The zero-order valence-electron chi connectivity index (χ0n) is 7.52. The predicted molar refractivity (Wildman–Crippen MR) is 51.0 cm³/mol. The predicted octanol–water partition coefficient (Wildman–Crippen LogP) is 1.76. The molecule has 0 aliphatic carbocycles. The SMILES string of the molecule is C=CCN/C(C)=C\C(C)=NC. The number of allylic oxidation sites excluding steroid dienone is 2. The van der Waals surface area contributed by atoms with Crippen LogP contribution >= 0.6 is 0 Å². The average Bonchev–Trinajstić information content (AvgIpc) is 2.00. The van der Waals surface area contributed by atoms with Gasteiger partial charge in [0.1, 0.15) is 0 Å². The van der Waals surface area contributed by atoms with Gasteiger partial charge in [0.15, 0.2) is 0 Å². The van der Waals surface area contributed by atoms with Crippen molar-refractivity contribution < 1.29 is 0 Å². The maximum atomic E-state index is 4.01. The highest BCUT2D eigenvalue weighted by atomic mass is 14.9. The highest BCUT2D eigenvalue weighted by Gasteiger charge is 1.85. The van der Waals surface area contributed by atoms with Crippen molar-refractivity contribution in [1.29, 1.82) is 0 Å². The van der Waals surface area contributed by atoms with E-state index in [0.29, 0.717) is 0 Å². The van der Waals surface area contributed by atoms with Gasteiger partial charge in [-0.1, -0.05) is 6.08 Å². The van der Waals surface area contributed by atoms with Gasteiger partial charge >= 0.3 is 0 Å². The minimum Gasteiger partial charge on any atom is -0.385 e. The second-order valence-electron chi connectivity index (χ2n) is 2.36. The Morgan fingerprint density at radius 3 is 2.64 bits per heavy atom. The van der Waals surface area contributed by atoms with E-state index in [9.17, 15) is 0 Å². The smallest absolute Gasteiger partial charge is 0.0330 e. The molecule has 0 aromatic heterocycles. The average molecular weight is 152 g/mol. The molecule has 2 nitrogen and oxygen atoms in total. The molecule has 0 atom stereocenters. The largest absolute Gasteiger partial charge is 0.385 e. The normalized spacial score (nSPS) is 13.0. The van der Waals surface area contributed by atoms with E-state index in [2.05, 4.69) is 16.9 Å². The summed E-state index contributed by atoms with van der Waals surface area (Å²) in [5.74, 6) is 0. The lowest BCUT2D eigenvalue weighted by atomic mass is 10.3. The van der Waals surface area contributed by atoms with Crippen LogP contribution < -0.4 is 5.32 Å². The van der Waals surface area contributed by atoms with Gasteiger partial charge in [-0.05, 0) is 19.9 Å². The van der Waals surface area contributed by atoms with Crippen molar-refractivity contribution in [2.45, 2.75) is 13.8 Å². The van der Waals surface area contributed by atoms with Gasteiger partial charge in [-0.2, -0.15) is 0 Å². The molecule has 0 amide bonds. The van der Waals surface area contributed by atoms with Crippen LogP contribution in [0.2, 0.25) is 0 Å². The molecule has 0 aliphatic rings. The summed E-state index contributed by atoms with van der Waals surface area (Å²) in [6.45, 7) is 8.40. The Morgan fingerprint density at radius 2 is 2.18 bits per heavy atom. The number of hydrogen-bond donors (Lipinski definition) is 1.